The van der Waals surface area contributed by atoms with Crippen molar-refractivity contribution in [3.8, 4) is 0 Å². The standard InChI is InChI=1S/C20H21ClFN3O2/c1-13(14-5-3-2-4-6-14)25-10-9-16(12-25)24-20(27)19(26)23-15-7-8-17(21)18(22)11-15/h2-8,11,13,16H,9-10,12H2,1H3,(H,23,26)(H,24,27). The Hall–Kier alpha value is -2.44. The second kappa shape index (κ2) is 8.50. The number of carbonyl (C=O) groups is 2. The van der Waals surface area contributed by atoms with Crippen LogP contribution in [0.15, 0.2) is 48.5 Å². The number of nitrogens with zero attached hydrogens (tertiary/aromatic N) is 1. The maximum absolute atomic E-state index is 13.4. The van der Waals surface area contributed by atoms with Crippen LogP contribution >= 0.6 is 11.6 Å². The van der Waals surface area contributed by atoms with Crippen LogP contribution in [0.4, 0.5) is 10.1 Å². The van der Waals surface area contributed by atoms with Crippen molar-refractivity contribution in [3.63, 3.8) is 0 Å². The van der Waals surface area contributed by atoms with Gasteiger partial charge in [-0.1, -0.05) is 41.9 Å². The van der Waals surface area contributed by atoms with Crippen molar-refractivity contribution in [1.82, 2.24) is 10.2 Å². The van der Waals surface area contributed by atoms with E-state index in [1.165, 1.54) is 17.7 Å². The highest BCUT2D eigenvalue weighted by molar-refractivity contribution is 6.39. The molecule has 0 spiro atoms. The molecule has 3 rings (SSSR count). The summed E-state index contributed by atoms with van der Waals surface area (Å²) in [5.41, 5.74) is 1.40. The van der Waals surface area contributed by atoms with Crippen molar-refractivity contribution >= 4 is 29.1 Å². The molecule has 7 heteroatoms. The third-order valence-corrected chi connectivity index (χ3v) is 5.07. The van der Waals surface area contributed by atoms with Crippen LogP contribution in [0.5, 0.6) is 0 Å². The quantitative estimate of drug-likeness (QED) is 0.788. The summed E-state index contributed by atoms with van der Waals surface area (Å²) in [5, 5.41) is 5.08. The zero-order chi connectivity index (χ0) is 19.4. The van der Waals surface area contributed by atoms with E-state index in [9.17, 15) is 14.0 Å². The maximum atomic E-state index is 13.4. The van der Waals surface area contributed by atoms with Gasteiger partial charge in [0.05, 0.1) is 5.02 Å². The van der Waals surface area contributed by atoms with Crippen LogP contribution in [-0.2, 0) is 9.59 Å². The molecule has 2 aromatic carbocycles. The molecule has 2 atom stereocenters. The van der Waals surface area contributed by atoms with E-state index >= 15 is 0 Å². The number of nitrogens with one attached hydrogen (secondary N) is 2. The van der Waals surface area contributed by atoms with Crippen molar-refractivity contribution in [2.45, 2.75) is 25.4 Å². The molecule has 2 N–H and O–H groups in total. The molecule has 5 nitrogen and oxygen atoms in total. The van der Waals surface area contributed by atoms with Gasteiger partial charge in [0, 0.05) is 30.9 Å². The normalized spacial score (nSPS) is 18.1. The fourth-order valence-electron chi connectivity index (χ4n) is 3.21. The lowest BCUT2D eigenvalue weighted by Crippen LogP contribution is -2.43. The summed E-state index contributed by atoms with van der Waals surface area (Å²) < 4.78 is 13.4. The predicted molar refractivity (Wildman–Crippen MR) is 103 cm³/mol. The van der Waals surface area contributed by atoms with Crippen LogP contribution in [0.1, 0.15) is 24.9 Å². The van der Waals surface area contributed by atoms with E-state index in [0.717, 1.165) is 19.0 Å². The highest BCUT2D eigenvalue weighted by Gasteiger charge is 2.29. The minimum absolute atomic E-state index is 0.0453. The SMILES string of the molecule is CC(c1ccccc1)N1CCC(NC(=O)C(=O)Nc2ccc(Cl)c(F)c2)C1. The van der Waals surface area contributed by atoms with Crippen LogP contribution in [0.3, 0.4) is 0 Å². The second-order valence-corrected chi connectivity index (χ2v) is 7.03. The lowest BCUT2D eigenvalue weighted by molar-refractivity contribution is -0.136. The molecular weight excluding hydrogens is 369 g/mol. The van der Waals surface area contributed by atoms with Gasteiger partial charge in [-0.3, -0.25) is 14.5 Å². The highest BCUT2D eigenvalue weighted by Crippen LogP contribution is 2.24. The number of likely N-dealkylation sites (tertiary alicyclic amines) is 1. The van der Waals surface area contributed by atoms with E-state index < -0.39 is 17.6 Å². The Bertz CT molecular complexity index is 831. The van der Waals surface area contributed by atoms with Crippen LogP contribution in [0.2, 0.25) is 5.02 Å². The van der Waals surface area contributed by atoms with E-state index in [0.29, 0.717) is 6.54 Å². The Kier molecular flexibility index (Phi) is 6.08. The van der Waals surface area contributed by atoms with Gasteiger partial charge in [-0.15, -0.1) is 0 Å². The van der Waals surface area contributed by atoms with E-state index in [-0.39, 0.29) is 22.8 Å². The number of rotatable bonds is 4. The van der Waals surface area contributed by atoms with Crippen molar-refractivity contribution in [2.75, 3.05) is 18.4 Å². The molecule has 142 valence electrons. The molecule has 1 fully saturated rings. The Morgan fingerprint density at radius 2 is 1.93 bits per heavy atom. The van der Waals surface area contributed by atoms with Gasteiger partial charge in [0.25, 0.3) is 0 Å². The van der Waals surface area contributed by atoms with Gasteiger partial charge in [0.15, 0.2) is 0 Å². The Labute approximate surface area is 162 Å². The first-order valence-electron chi connectivity index (χ1n) is 8.80. The zero-order valence-electron chi connectivity index (χ0n) is 14.9. The van der Waals surface area contributed by atoms with Crippen molar-refractivity contribution in [2.24, 2.45) is 0 Å². The number of amides is 2. The van der Waals surface area contributed by atoms with Crippen LogP contribution < -0.4 is 10.6 Å². The number of carbonyl (C=O) groups excluding carboxylic acids is 2. The lowest BCUT2D eigenvalue weighted by atomic mass is 10.1. The average Bonchev–Trinajstić information content (AvgIpc) is 3.13. The second-order valence-electron chi connectivity index (χ2n) is 6.62. The van der Waals surface area contributed by atoms with E-state index in [2.05, 4.69) is 34.6 Å². The Morgan fingerprint density at radius 3 is 2.63 bits per heavy atom. The molecular formula is C20H21ClFN3O2. The van der Waals surface area contributed by atoms with Crippen LogP contribution in [-0.4, -0.2) is 35.8 Å². The number of hydrogen-bond acceptors (Lipinski definition) is 3. The first-order chi connectivity index (χ1) is 12.9. The third-order valence-electron chi connectivity index (χ3n) is 4.77. The molecule has 2 unspecified atom stereocenters. The lowest BCUT2D eigenvalue weighted by Gasteiger charge is -2.24. The molecule has 0 radical (unpaired) electrons. The molecule has 1 heterocycles. The summed E-state index contributed by atoms with van der Waals surface area (Å²) in [6.07, 6.45) is 0.770. The highest BCUT2D eigenvalue weighted by atomic mass is 35.5. The van der Waals surface area contributed by atoms with Gasteiger partial charge in [-0.2, -0.15) is 0 Å². The molecule has 27 heavy (non-hydrogen) atoms. The molecule has 2 amide bonds. The minimum Gasteiger partial charge on any atom is -0.344 e. The van der Waals surface area contributed by atoms with Gasteiger partial charge >= 0.3 is 11.8 Å². The molecule has 1 aliphatic rings. The fourth-order valence-corrected chi connectivity index (χ4v) is 3.33. The van der Waals surface area contributed by atoms with E-state index in [1.807, 2.05) is 18.2 Å². The topological polar surface area (TPSA) is 61.4 Å². The Balaban J connectivity index is 1.52. The maximum Gasteiger partial charge on any atom is 0.313 e. The number of anilines is 1. The molecule has 1 aliphatic heterocycles. The van der Waals surface area contributed by atoms with Gasteiger partial charge in [-0.05, 0) is 37.1 Å². The zero-order valence-corrected chi connectivity index (χ0v) is 15.7. The summed E-state index contributed by atoms with van der Waals surface area (Å²) >= 11 is 5.60. The van der Waals surface area contributed by atoms with E-state index in [1.54, 1.807) is 0 Å². The smallest absolute Gasteiger partial charge is 0.313 e. The number of hydrogen-bond donors (Lipinski definition) is 2. The largest absolute Gasteiger partial charge is 0.344 e. The molecule has 1 saturated heterocycles. The summed E-state index contributed by atoms with van der Waals surface area (Å²) in [5.74, 6) is -2.22. The molecule has 0 saturated carbocycles. The first-order valence-corrected chi connectivity index (χ1v) is 9.17. The van der Waals surface area contributed by atoms with Gasteiger partial charge in [0.1, 0.15) is 5.82 Å². The van der Waals surface area contributed by atoms with Gasteiger partial charge in [-0.25, -0.2) is 4.39 Å². The van der Waals surface area contributed by atoms with E-state index in [4.69, 9.17) is 11.6 Å². The van der Waals surface area contributed by atoms with Crippen LogP contribution in [0, 0.1) is 5.82 Å². The number of benzene rings is 2. The first kappa shape index (κ1) is 19.3. The summed E-state index contributed by atoms with van der Waals surface area (Å²) in [6.45, 7) is 3.64. The number of halogens is 2. The van der Waals surface area contributed by atoms with Crippen molar-refractivity contribution in [3.05, 3.63) is 64.9 Å². The van der Waals surface area contributed by atoms with Crippen molar-refractivity contribution < 1.29 is 14.0 Å². The minimum atomic E-state index is -0.828. The monoisotopic (exact) mass is 389 g/mol. The molecule has 2 aromatic rings. The molecule has 0 aliphatic carbocycles. The predicted octanol–water partition coefficient (Wildman–Crippen LogP) is 3.37. The summed E-state index contributed by atoms with van der Waals surface area (Å²) in [7, 11) is 0. The molecule has 0 bridgehead atoms. The summed E-state index contributed by atoms with van der Waals surface area (Å²) in [4.78, 5) is 26.5. The molecule has 0 aromatic heterocycles. The Morgan fingerprint density at radius 1 is 1.19 bits per heavy atom. The average molecular weight is 390 g/mol. The van der Waals surface area contributed by atoms with Crippen LogP contribution in [0.25, 0.3) is 0 Å². The summed E-state index contributed by atoms with van der Waals surface area (Å²) in [6, 6.07) is 14.1. The third kappa shape index (κ3) is 4.84. The van der Waals surface area contributed by atoms with Gasteiger partial charge in [0.2, 0.25) is 0 Å². The fraction of sp³-hybridized carbons (Fsp3) is 0.300. The van der Waals surface area contributed by atoms with Crippen molar-refractivity contribution in [1.29, 1.82) is 0 Å². The van der Waals surface area contributed by atoms with Gasteiger partial charge < -0.3 is 10.6 Å².